The number of hydrogen-bond donors (Lipinski definition) is 1. The van der Waals surface area contributed by atoms with E-state index in [1.807, 2.05) is 0 Å². The summed E-state index contributed by atoms with van der Waals surface area (Å²) in [6.45, 7) is 3.26. The fraction of sp³-hybridized carbons (Fsp3) is 0.133. The second-order valence-electron chi connectivity index (χ2n) is 4.93. The summed E-state index contributed by atoms with van der Waals surface area (Å²) in [5.74, 6) is 0.0272. The van der Waals surface area contributed by atoms with Crippen LogP contribution in [0.25, 0.3) is 11.1 Å². The zero-order valence-corrected chi connectivity index (χ0v) is 12.7. The van der Waals surface area contributed by atoms with Gasteiger partial charge >= 0.3 is 0 Å². The van der Waals surface area contributed by atoms with Crippen LogP contribution in [-0.4, -0.2) is 13.4 Å². The number of benzene rings is 2. The van der Waals surface area contributed by atoms with E-state index in [1.54, 1.807) is 32.0 Å². The molecule has 22 heavy (non-hydrogen) atoms. The lowest BCUT2D eigenvalue weighted by Gasteiger charge is -2.10. The molecular formula is C15H13FN2O3S. The third-order valence-corrected chi connectivity index (χ3v) is 4.72. The highest BCUT2D eigenvalue weighted by Crippen LogP contribution is 2.23. The third-order valence-electron chi connectivity index (χ3n) is 3.17. The number of rotatable bonds is 3. The minimum atomic E-state index is -3.80. The van der Waals surface area contributed by atoms with Gasteiger partial charge in [0.15, 0.2) is 11.5 Å². The van der Waals surface area contributed by atoms with Gasteiger partial charge < -0.3 is 4.42 Å². The quantitative estimate of drug-likeness (QED) is 0.803. The van der Waals surface area contributed by atoms with Crippen molar-refractivity contribution in [1.29, 1.82) is 0 Å². The smallest absolute Gasteiger partial charge is 0.262 e. The van der Waals surface area contributed by atoms with Crippen LogP contribution < -0.4 is 4.72 Å². The summed E-state index contributed by atoms with van der Waals surface area (Å²) in [7, 11) is -3.80. The Bertz CT molecular complexity index is 964. The molecule has 3 aromatic rings. The van der Waals surface area contributed by atoms with E-state index in [2.05, 4.69) is 9.71 Å². The van der Waals surface area contributed by atoms with Crippen molar-refractivity contribution in [1.82, 2.24) is 4.98 Å². The Hall–Kier alpha value is -2.41. The molecule has 0 aliphatic rings. The molecule has 1 N–H and O–H groups in total. The van der Waals surface area contributed by atoms with Gasteiger partial charge in [-0.25, -0.2) is 17.8 Å². The minimum Gasteiger partial charge on any atom is -0.441 e. The van der Waals surface area contributed by atoms with Crippen LogP contribution in [0.3, 0.4) is 0 Å². The molecule has 0 unspecified atom stereocenters. The summed E-state index contributed by atoms with van der Waals surface area (Å²) in [5.41, 5.74) is 1.84. The van der Waals surface area contributed by atoms with Gasteiger partial charge in [-0.1, -0.05) is 0 Å². The first kappa shape index (κ1) is 14.5. The molecule has 5 nitrogen and oxygen atoms in total. The molecule has 7 heteroatoms. The van der Waals surface area contributed by atoms with Crippen molar-refractivity contribution < 1.29 is 17.2 Å². The van der Waals surface area contributed by atoms with Crippen molar-refractivity contribution >= 4 is 26.8 Å². The summed E-state index contributed by atoms with van der Waals surface area (Å²) in [5, 5.41) is 0. The van der Waals surface area contributed by atoms with E-state index in [4.69, 9.17) is 4.42 Å². The zero-order chi connectivity index (χ0) is 15.9. The van der Waals surface area contributed by atoms with E-state index in [-0.39, 0.29) is 4.90 Å². The number of aryl methyl sites for hydroxylation is 2. The number of anilines is 1. The van der Waals surface area contributed by atoms with Crippen molar-refractivity contribution in [3.8, 4) is 0 Å². The van der Waals surface area contributed by atoms with Crippen molar-refractivity contribution in [3.05, 3.63) is 53.7 Å². The maximum absolute atomic E-state index is 13.1. The first-order chi connectivity index (χ1) is 10.3. The van der Waals surface area contributed by atoms with Gasteiger partial charge in [0, 0.05) is 13.0 Å². The Balaban J connectivity index is 1.98. The highest BCUT2D eigenvalue weighted by atomic mass is 32.2. The Morgan fingerprint density at radius 3 is 2.64 bits per heavy atom. The molecule has 0 atom stereocenters. The lowest BCUT2D eigenvalue weighted by Crippen LogP contribution is -2.14. The molecule has 0 spiro atoms. The monoisotopic (exact) mass is 320 g/mol. The summed E-state index contributed by atoms with van der Waals surface area (Å²) in [6, 6.07) is 8.36. The molecule has 0 aliphatic heterocycles. The molecule has 0 radical (unpaired) electrons. The van der Waals surface area contributed by atoms with E-state index in [0.29, 0.717) is 28.2 Å². The summed E-state index contributed by atoms with van der Waals surface area (Å²) >= 11 is 0. The number of oxazole rings is 1. The molecule has 114 valence electrons. The minimum absolute atomic E-state index is 0.0303. The number of fused-ring (bicyclic) bond motifs is 1. The van der Waals surface area contributed by atoms with Gasteiger partial charge in [0.05, 0.1) is 10.6 Å². The second kappa shape index (κ2) is 5.10. The van der Waals surface area contributed by atoms with E-state index < -0.39 is 15.8 Å². The number of nitrogens with one attached hydrogen (secondary N) is 1. The van der Waals surface area contributed by atoms with Gasteiger partial charge in [0.1, 0.15) is 11.3 Å². The van der Waals surface area contributed by atoms with Crippen molar-refractivity contribution in [2.45, 2.75) is 18.7 Å². The number of hydrogen-bond acceptors (Lipinski definition) is 4. The van der Waals surface area contributed by atoms with Crippen molar-refractivity contribution in [3.63, 3.8) is 0 Å². The van der Waals surface area contributed by atoms with Crippen LogP contribution >= 0.6 is 0 Å². The van der Waals surface area contributed by atoms with Crippen molar-refractivity contribution in [2.75, 3.05) is 4.72 Å². The first-order valence-electron chi connectivity index (χ1n) is 6.51. The Morgan fingerprint density at radius 2 is 1.91 bits per heavy atom. The number of sulfonamides is 1. The fourth-order valence-electron chi connectivity index (χ4n) is 2.23. The molecule has 2 aromatic carbocycles. The molecule has 3 rings (SSSR count). The summed E-state index contributed by atoms with van der Waals surface area (Å²) in [6.07, 6.45) is 0. The van der Waals surface area contributed by atoms with Crippen LogP contribution in [0.5, 0.6) is 0 Å². The standard InChI is InChI=1S/C15H13FN2O3S/c1-9-7-11(16)3-6-15(9)22(19,20)18-12-4-5-13-14(8-12)21-10(2)17-13/h3-8,18H,1-2H3. The average Bonchev–Trinajstić information content (AvgIpc) is 2.77. The Labute approximate surface area is 126 Å². The van der Waals surface area contributed by atoms with E-state index >= 15 is 0 Å². The molecule has 0 saturated heterocycles. The summed E-state index contributed by atoms with van der Waals surface area (Å²) in [4.78, 5) is 4.18. The first-order valence-corrected chi connectivity index (χ1v) is 8.00. The average molecular weight is 320 g/mol. The van der Waals surface area contributed by atoms with E-state index in [9.17, 15) is 12.8 Å². The summed E-state index contributed by atoms with van der Waals surface area (Å²) < 4.78 is 45.7. The number of nitrogens with zero attached hydrogens (tertiary/aromatic N) is 1. The molecular weight excluding hydrogens is 307 g/mol. The Morgan fingerprint density at radius 1 is 1.14 bits per heavy atom. The van der Waals surface area contributed by atoms with Crippen molar-refractivity contribution in [2.24, 2.45) is 0 Å². The van der Waals surface area contributed by atoms with Gasteiger partial charge in [0.2, 0.25) is 0 Å². The van der Waals surface area contributed by atoms with E-state index in [0.717, 1.165) is 6.07 Å². The zero-order valence-electron chi connectivity index (χ0n) is 11.9. The Kier molecular flexibility index (Phi) is 3.37. The highest BCUT2D eigenvalue weighted by Gasteiger charge is 2.18. The normalized spacial score (nSPS) is 11.8. The lowest BCUT2D eigenvalue weighted by molar-refractivity contribution is 0.561. The van der Waals surface area contributed by atoms with Gasteiger partial charge in [-0.15, -0.1) is 0 Å². The SMILES string of the molecule is Cc1nc2ccc(NS(=O)(=O)c3ccc(F)cc3C)cc2o1. The molecule has 0 amide bonds. The predicted octanol–water partition coefficient (Wildman–Crippen LogP) is 3.38. The van der Waals surface area contributed by atoms with Crippen LogP contribution in [0.2, 0.25) is 0 Å². The van der Waals surface area contributed by atoms with Crippen LogP contribution in [0, 0.1) is 19.7 Å². The second-order valence-corrected chi connectivity index (χ2v) is 6.58. The van der Waals surface area contributed by atoms with Gasteiger partial charge in [0.25, 0.3) is 10.0 Å². The molecule has 1 aromatic heterocycles. The van der Waals surface area contributed by atoms with Crippen LogP contribution in [-0.2, 0) is 10.0 Å². The predicted molar refractivity (Wildman–Crippen MR) is 80.7 cm³/mol. The van der Waals surface area contributed by atoms with Gasteiger partial charge in [-0.3, -0.25) is 4.72 Å². The lowest BCUT2D eigenvalue weighted by atomic mass is 10.2. The molecule has 0 saturated carbocycles. The van der Waals surface area contributed by atoms with Crippen LogP contribution in [0.4, 0.5) is 10.1 Å². The maximum Gasteiger partial charge on any atom is 0.262 e. The van der Waals surface area contributed by atoms with Gasteiger partial charge in [-0.2, -0.15) is 0 Å². The van der Waals surface area contributed by atoms with Crippen LogP contribution in [0.1, 0.15) is 11.5 Å². The maximum atomic E-state index is 13.1. The van der Waals surface area contributed by atoms with Gasteiger partial charge in [-0.05, 0) is 42.8 Å². The number of halogens is 1. The molecule has 1 heterocycles. The topological polar surface area (TPSA) is 72.2 Å². The molecule has 0 fully saturated rings. The largest absolute Gasteiger partial charge is 0.441 e. The fourth-order valence-corrected chi connectivity index (χ4v) is 3.50. The highest BCUT2D eigenvalue weighted by molar-refractivity contribution is 7.92. The van der Waals surface area contributed by atoms with Crippen LogP contribution in [0.15, 0.2) is 45.7 Å². The third kappa shape index (κ3) is 2.67. The molecule has 0 bridgehead atoms. The van der Waals surface area contributed by atoms with E-state index in [1.165, 1.54) is 12.1 Å². The molecule has 0 aliphatic carbocycles. The number of aromatic nitrogens is 1.